The van der Waals surface area contributed by atoms with E-state index in [1.807, 2.05) is 59.7 Å². The molecule has 2 heterocycles. The van der Waals surface area contributed by atoms with E-state index >= 15 is 0 Å². The number of thiophene rings is 1. The van der Waals surface area contributed by atoms with Gasteiger partial charge in [0.15, 0.2) is 0 Å². The van der Waals surface area contributed by atoms with Gasteiger partial charge in [0.1, 0.15) is 0 Å². The zero-order valence-electron chi connectivity index (χ0n) is 13.8. The number of nitrogens with zero attached hydrogens (tertiary/aromatic N) is 1. The predicted molar refractivity (Wildman–Crippen MR) is 95.1 cm³/mol. The summed E-state index contributed by atoms with van der Waals surface area (Å²) in [4.78, 5) is 15.8. The molecule has 2 aromatic rings. The van der Waals surface area contributed by atoms with E-state index in [-0.39, 0.29) is 17.9 Å². The van der Waals surface area contributed by atoms with Crippen LogP contribution in [-0.2, 0) is 9.53 Å². The summed E-state index contributed by atoms with van der Waals surface area (Å²) in [6.07, 6.45) is -0.0488. The Hall–Kier alpha value is -1.69. The third-order valence-corrected chi connectivity index (χ3v) is 5.52. The van der Waals surface area contributed by atoms with Crippen LogP contribution in [-0.4, -0.2) is 41.7 Å². The van der Waals surface area contributed by atoms with E-state index in [1.54, 1.807) is 0 Å². The number of aliphatic hydroxyl groups excluding tert-OH is 1. The Morgan fingerprint density at radius 2 is 2.12 bits per heavy atom. The first-order chi connectivity index (χ1) is 11.7. The van der Waals surface area contributed by atoms with Gasteiger partial charge in [-0.15, -0.1) is 11.3 Å². The first-order valence-corrected chi connectivity index (χ1v) is 9.19. The number of ether oxygens (including phenoxy) is 1. The van der Waals surface area contributed by atoms with Crippen molar-refractivity contribution in [3.05, 3.63) is 58.3 Å². The Bertz CT molecular complexity index is 644. The predicted octanol–water partition coefficient (Wildman–Crippen LogP) is 3.20. The van der Waals surface area contributed by atoms with Crippen LogP contribution in [0.5, 0.6) is 0 Å². The van der Waals surface area contributed by atoms with Gasteiger partial charge in [0.2, 0.25) is 5.91 Å². The Morgan fingerprint density at radius 1 is 1.33 bits per heavy atom. The molecule has 1 fully saturated rings. The maximum absolute atomic E-state index is 13.0. The van der Waals surface area contributed by atoms with Crippen LogP contribution in [0.25, 0.3) is 0 Å². The van der Waals surface area contributed by atoms with Crippen LogP contribution in [0.15, 0.2) is 47.8 Å². The summed E-state index contributed by atoms with van der Waals surface area (Å²) >= 11 is 1.54. The SMILES string of the molecule is C[C@H](C(=O)N1CCOCC1CC(O)c1cccs1)c1ccccc1. The van der Waals surface area contributed by atoms with Crippen LogP contribution in [0.3, 0.4) is 0 Å². The van der Waals surface area contributed by atoms with E-state index < -0.39 is 6.10 Å². The fourth-order valence-electron chi connectivity index (χ4n) is 3.13. The van der Waals surface area contributed by atoms with E-state index in [1.165, 1.54) is 11.3 Å². The van der Waals surface area contributed by atoms with Gasteiger partial charge in [-0.25, -0.2) is 0 Å². The Balaban J connectivity index is 1.70. The van der Waals surface area contributed by atoms with Crippen molar-refractivity contribution in [1.82, 2.24) is 4.90 Å². The molecule has 0 saturated carbocycles. The molecule has 1 aliphatic rings. The van der Waals surface area contributed by atoms with Gasteiger partial charge in [0, 0.05) is 17.8 Å². The number of carbonyl (C=O) groups excluding carboxylic acids is 1. The molecule has 5 heteroatoms. The second-order valence-electron chi connectivity index (χ2n) is 6.16. The van der Waals surface area contributed by atoms with E-state index in [0.29, 0.717) is 26.2 Å². The third kappa shape index (κ3) is 3.86. The number of aliphatic hydroxyl groups is 1. The van der Waals surface area contributed by atoms with Crippen molar-refractivity contribution in [2.75, 3.05) is 19.8 Å². The Labute approximate surface area is 146 Å². The van der Waals surface area contributed by atoms with Crippen LogP contribution in [0.1, 0.15) is 35.8 Å². The lowest BCUT2D eigenvalue weighted by atomic mass is 9.97. The minimum Gasteiger partial charge on any atom is -0.387 e. The van der Waals surface area contributed by atoms with Crippen LogP contribution in [0.4, 0.5) is 0 Å². The summed E-state index contributed by atoms with van der Waals surface area (Å²) in [6, 6.07) is 13.6. The normalized spacial score (nSPS) is 20.6. The number of hydrogen-bond acceptors (Lipinski definition) is 4. The molecule has 1 aromatic heterocycles. The third-order valence-electron chi connectivity index (χ3n) is 4.55. The quantitative estimate of drug-likeness (QED) is 0.905. The van der Waals surface area contributed by atoms with Gasteiger partial charge in [0.05, 0.1) is 31.3 Å². The summed E-state index contributed by atoms with van der Waals surface area (Å²) in [6.45, 7) is 3.56. The minimum atomic E-state index is -0.556. The molecule has 1 N–H and O–H groups in total. The van der Waals surface area contributed by atoms with Gasteiger partial charge in [-0.3, -0.25) is 4.79 Å². The summed E-state index contributed by atoms with van der Waals surface area (Å²) in [7, 11) is 0. The monoisotopic (exact) mass is 345 g/mol. The molecule has 2 unspecified atom stereocenters. The Morgan fingerprint density at radius 3 is 2.83 bits per heavy atom. The topological polar surface area (TPSA) is 49.8 Å². The number of carbonyl (C=O) groups is 1. The molecule has 3 rings (SSSR count). The standard InChI is InChI=1S/C19H23NO3S/c1-14(15-6-3-2-4-7-15)19(22)20-9-10-23-13-16(20)12-17(21)18-8-5-11-24-18/h2-8,11,14,16-17,21H,9-10,12-13H2,1H3/t14-,16?,17?/m0/s1. The lowest BCUT2D eigenvalue weighted by molar-refractivity contribution is -0.142. The first kappa shape index (κ1) is 17.1. The van der Waals surface area contributed by atoms with Crippen molar-refractivity contribution in [2.45, 2.75) is 31.4 Å². The molecule has 0 spiro atoms. The Kier molecular flexibility index (Phi) is 5.66. The molecule has 0 aliphatic carbocycles. The van der Waals surface area contributed by atoms with Gasteiger partial charge in [-0.1, -0.05) is 36.4 Å². The fourth-order valence-corrected chi connectivity index (χ4v) is 3.85. The molecule has 1 amide bonds. The number of amides is 1. The van der Waals surface area contributed by atoms with Gasteiger partial charge in [0.25, 0.3) is 0 Å². The van der Waals surface area contributed by atoms with Crippen molar-refractivity contribution >= 4 is 17.2 Å². The largest absolute Gasteiger partial charge is 0.387 e. The van der Waals surface area contributed by atoms with Crippen LogP contribution in [0, 0.1) is 0 Å². The van der Waals surface area contributed by atoms with Crippen molar-refractivity contribution in [3.63, 3.8) is 0 Å². The van der Waals surface area contributed by atoms with Gasteiger partial charge in [-0.05, 0) is 23.9 Å². The molecular weight excluding hydrogens is 322 g/mol. The molecule has 128 valence electrons. The molecule has 24 heavy (non-hydrogen) atoms. The number of benzene rings is 1. The number of rotatable bonds is 5. The zero-order chi connectivity index (χ0) is 16.9. The molecule has 0 bridgehead atoms. The van der Waals surface area contributed by atoms with Crippen LogP contribution in [0.2, 0.25) is 0 Å². The number of morpholine rings is 1. The second-order valence-corrected chi connectivity index (χ2v) is 7.14. The molecular formula is C19H23NO3S. The molecule has 3 atom stereocenters. The van der Waals surface area contributed by atoms with E-state index in [0.717, 1.165) is 10.4 Å². The fraction of sp³-hybridized carbons (Fsp3) is 0.421. The lowest BCUT2D eigenvalue weighted by Gasteiger charge is -2.38. The van der Waals surface area contributed by atoms with Crippen LogP contribution < -0.4 is 0 Å². The second kappa shape index (κ2) is 7.92. The highest BCUT2D eigenvalue weighted by Gasteiger charge is 2.32. The maximum Gasteiger partial charge on any atom is 0.230 e. The summed E-state index contributed by atoms with van der Waals surface area (Å²) in [5, 5.41) is 12.4. The van der Waals surface area contributed by atoms with Crippen molar-refractivity contribution < 1.29 is 14.6 Å². The zero-order valence-corrected chi connectivity index (χ0v) is 14.6. The number of hydrogen-bond donors (Lipinski definition) is 1. The highest BCUT2D eigenvalue weighted by Crippen LogP contribution is 2.28. The van der Waals surface area contributed by atoms with E-state index in [4.69, 9.17) is 4.74 Å². The average molecular weight is 345 g/mol. The highest BCUT2D eigenvalue weighted by atomic mass is 32.1. The van der Waals surface area contributed by atoms with Gasteiger partial charge >= 0.3 is 0 Å². The summed E-state index contributed by atoms with van der Waals surface area (Å²) < 4.78 is 5.56. The first-order valence-electron chi connectivity index (χ1n) is 8.31. The minimum absolute atomic E-state index is 0.0884. The van der Waals surface area contributed by atoms with Crippen molar-refractivity contribution in [3.8, 4) is 0 Å². The van der Waals surface area contributed by atoms with Crippen molar-refractivity contribution in [2.24, 2.45) is 0 Å². The average Bonchev–Trinajstić information content (AvgIpc) is 3.16. The van der Waals surface area contributed by atoms with E-state index in [9.17, 15) is 9.90 Å². The van der Waals surface area contributed by atoms with Gasteiger partial charge in [-0.2, -0.15) is 0 Å². The molecule has 4 nitrogen and oxygen atoms in total. The molecule has 1 aliphatic heterocycles. The molecule has 1 aromatic carbocycles. The van der Waals surface area contributed by atoms with Crippen LogP contribution >= 0.6 is 11.3 Å². The smallest absolute Gasteiger partial charge is 0.230 e. The molecule has 1 saturated heterocycles. The highest BCUT2D eigenvalue weighted by molar-refractivity contribution is 7.10. The van der Waals surface area contributed by atoms with Gasteiger partial charge < -0.3 is 14.7 Å². The summed E-state index contributed by atoms with van der Waals surface area (Å²) in [5.74, 6) is -0.0847. The molecule has 0 radical (unpaired) electrons. The van der Waals surface area contributed by atoms with Crippen molar-refractivity contribution in [1.29, 1.82) is 0 Å². The maximum atomic E-state index is 13.0. The lowest BCUT2D eigenvalue weighted by Crippen LogP contribution is -2.50. The van der Waals surface area contributed by atoms with E-state index in [2.05, 4.69) is 0 Å². The summed E-state index contributed by atoms with van der Waals surface area (Å²) in [5.41, 5.74) is 1.02.